The lowest BCUT2D eigenvalue weighted by atomic mass is 10.0. The summed E-state index contributed by atoms with van der Waals surface area (Å²) in [6.45, 7) is 3.64. The molecule has 3 aromatic rings. The van der Waals surface area contributed by atoms with Gasteiger partial charge in [-0.3, -0.25) is 9.36 Å². The van der Waals surface area contributed by atoms with Crippen molar-refractivity contribution in [2.24, 2.45) is 0 Å². The molecule has 0 spiro atoms. The number of aromatic nitrogens is 2. The number of halogens is 4. The molecule has 1 aromatic heterocycles. The number of carbonyl (C=O) groups excluding carboxylic acids is 1. The van der Waals surface area contributed by atoms with E-state index in [1.807, 2.05) is 42.7 Å². The van der Waals surface area contributed by atoms with Crippen molar-refractivity contribution in [3.63, 3.8) is 0 Å². The van der Waals surface area contributed by atoms with E-state index in [2.05, 4.69) is 26.2 Å². The van der Waals surface area contributed by atoms with Crippen LogP contribution in [0.5, 0.6) is 0 Å². The lowest BCUT2D eigenvalue weighted by Crippen LogP contribution is -2.14. The molecule has 0 fully saturated rings. The van der Waals surface area contributed by atoms with Crippen LogP contribution in [0.15, 0.2) is 41.1 Å². The fraction of sp³-hybridized carbons (Fsp3) is 0.333. The van der Waals surface area contributed by atoms with E-state index in [4.69, 9.17) is 0 Å². The average molecular weight is 468 g/mol. The number of hydrogen-bond acceptors (Lipinski definition) is 3. The van der Waals surface area contributed by atoms with Gasteiger partial charge in [-0.15, -0.1) is 0 Å². The molecule has 8 heteroatoms. The topological polar surface area (TPSA) is 46.9 Å². The van der Waals surface area contributed by atoms with Crippen molar-refractivity contribution in [1.82, 2.24) is 9.55 Å². The van der Waals surface area contributed by atoms with Crippen molar-refractivity contribution < 1.29 is 18.0 Å². The second-order valence-corrected chi connectivity index (χ2v) is 7.82. The van der Waals surface area contributed by atoms with Crippen LogP contribution in [-0.2, 0) is 0 Å². The van der Waals surface area contributed by atoms with Gasteiger partial charge < -0.3 is 5.32 Å². The molecular formula is C21H21BrF3N3O. The first kappa shape index (κ1) is 21.4. The van der Waals surface area contributed by atoms with Gasteiger partial charge >= 0.3 is 6.18 Å². The van der Waals surface area contributed by atoms with Crippen LogP contribution in [0.25, 0.3) is 16.7 Å². The van der Waals surface area contributed by atoms with E-state index in [9.17, 15) is 18.0 Å². The van der Waals surface area contributed by atoms with Gasteiger partial charge in [0, 0.05) is 28.7 Å². The van der Waals surface area contributed by atoms with Crippen LogP contribution in [0, 0.1) is 6.92 Å². The summed E-state index contributed by atoms with van der Waals surface area (Å²) in [5.41, 5.74) is 4.28. The zero-order valence-electron chi connectivity index (χ0n) is 16.1. The first-order valence-electron chi connectivity index (χ1n) is 9.31. The molecule has 0 unspecified atom stereocenters. The van der Waals surface area contributed by atoms with Crippen LogP contribution >= 0.6 is 15.9 Å². The van der Waals surface area contributed by atoms with E-state index in [-0.39, 0.29) is 12.3 Å². The van der Waals surface area contributed by atoms with Gasteiger partial charge in [0.2, 0.25) is 0 Å². The highest BCUT2D eigenvalue weighted by atomic mass is 79.9. The molecule has 2 aromatic carbocycles. The maximum absolute atomic E-state index is 12.5. The van der Waals surface area contributed by atoms with Gasteiger partial charge in [-0.2, -0.15) is 13.2 Å². The zero-order valence-corrected chi connectivity index (χ0v) is 17.7. The first-order chi connectivity index (χ1) is 13.7. The molecule has 0 saturated heterocycles. The third-order valence-electron chi connectivity index (χ3n) is 4.61. The number of nitrogens with one attached hydrogen (secondary N) is 1. The van der Waals surface area contributed by atoms with E-state index in [0.717, 1.165) is 27.7 Å². The number of hydrogen-bond donors (Lipinski definition) is 1. The third-order valence-corrected chi connectivity index (χ3v) is 5.06. The summed E-state index contributed by atoms with van der Waals surface area (Å²) in [5.74, 6) is 0.117. The second kappa shape index (κ2) is 8.57. The number of benzene rings is 2. The molecule has 0 atom stereocenters. The molecule has 4 nitrogen and oxygen atoms in total. The Hall–Kier alpha value is -2.35. The first-order valence-corrected chi connectivity index (χ1v) is 10.1. The van der Waals surface area contributed by atoms with Gasteiger partial charge in [-0.05, 0) is 49.2 Å². The summed E-state index contributed by atoms with van der Waals surface area (Å²) in [6.07, 6.45) is -2.20. The average Bonchev–Trinajstić information content (AvgIpc) is 3.04. The summed E-state index contributed by atoms with van der Waals surface area (Å²) in [6, 6.07) is 9.17. The fourth-order valence-electron chi connectivity index (χ4n) is 3.23. The van der Waals surface area contributed by atoms with Gasteiger partial charge in [0.15, 0.2) is 5.78 Å². The van der Waals surface area contributed by atoms with Gasteiger partial charge in [0.05, 0.1) is 17.6 Å². The number of imidazole rings is 1. The Bertz CT molecular complexity index is 1040. The molecule has 29 heavy (non-hydrogen) atoms. The minimum absolute atomic E-state index is 0.117. The van der Waals surface area contributed by atoms with Crippen LogP contribution in [0.3, 0.4) is 0 Å². The molecular weight excluding hydrogens is 447 g/mol. The standard InChI is InChI=1S/C21H21BrF3N3O/c1-3-4-19(29)16-6-5-15(9-13(16)2)28-12-27-20-17(10-14(22)11-18(20)28)26-8-7-21(23,24)25/h5-6,9-12,26H,3-4,7-8H2,1-2H3. The predicted octanol–water partition coefficient (Wildman–Crippen LogP) is 6.44. The van der Waals surface area contributed by atoms with Crippen molar-refractivity contribution in [2.45, 2.75) is 39.3 Å². The Kier molecular flexibility index (Phi) is 6.31. The van der Waals surface area contributed by atoms with E-state index >= 15 is 0 Å². The molecule has 0 saturated carbocycles. The molecule has 0 radical (unpaired) electrons. The molecule has 0 bridgehead atoms. The molecule has 0 aliphatic heterocycles. The minimum atomic E-state index is -4.22. The van der Waals surface area contributed by atoms with Crippen molar-refractivity contribution in [3.05, 3.63) is 52.3 Å². The van der Waals surface area contributed by atoms with Crippen molar-refractivity contribution in [1.29, 1.82) is 0 Å². The highest BCUT2D eigenvalue weighted by Crippen LogP contribution is 2.30. The highest BCUT2D eigenvalue weighted by Gasteiger charge is 2.26. The number of aryl methyl sites for hydroxylation is 1. The molecule has 154 valence electrons. The lowest BCUT2D eigenvalue weighted by Gasteiger charge is -2.12. The van der Waals surface area contributed by atoms with Crippen LogP contribution in [0.1, 0.15) is 42.1 Å². The number of rotatable bonds is 7. The predicted molar refractivity (Wildman–Crippen MR) is 112 cm³/mol. The van der Waals surface area contributed by atoms with Crippen molar-refractivity contribution in [3.8, 4) is 5.69 Å². The highest BCUT2D eigenvalue weighted by molar-refractivity contribution is 9.10. The van der Waals surface area contributed by atoms with Crippen LogP contribution < -0.4 is 5.32 Å². The zero-order chi connectivity index (χ0) is 21.2. The lowest BCUT2D eigenvalue weighted by molar-refractivity contribution is -0.131. The SMILES string of the molecule is CCCC(=O)c1ccc(-n2cnc3c(NCCC(F)(F)F)cc(Br)cc32)cc1C. The van der Waals surface area contributed by atoms with Crippen molar-refractivity contribution >= 4 is 38.4 Å². The van der Waals surface area contributed by atoms with Gasteiger partial charge in [-0.25, -0.2) is 4.98 Å². The third kappa shape index (κ3) is 4.98. The maximum Gasteiger partial charge on any atom is 0.390 e. The Balaban J connectivity index is 1.95. The van der Waals surface area contributed by atoms with Gasteiger partial charge in [-0.1, -0.05) is 22.9 Å². The number of fused-ring (bicyclic) bond motifs is 1. The maximum atomic E-state index is 12.5. The number of carbonyl (C=O) groups is 1. The molecule has 3 rings (SSSR count). The quantitative estimate of drug-likeness (QED) is 0.406. The number of nitrogens with zero attached hydrogens (tertiary/aromatic N) is 2. The summed E-state index contributed by atoms with van der Waals surface area (Å²) < 4.78 is 40.0. The summed E-state index contributed by atoms with van der Waals surface area (Å²) in [7, 11) is 0. The van der Waals surface area contributed by atoms with E-state index in [1.54, 1.807) is 12.4 Å². The van der Waals surface area contributed by atoms with Gasteiger partial charge in [0.1, 0.15) is 11.8 Å². The number of Topliss-reactive ketones (excluding diaryl/α,β-unsaturated/α-hetero) is 1. The number of alkyl halides is 3. The largest absolute Gasteiger partial charge is 0.390 e. The molecule has 0 aliphatic rings. The van der Waals surface area contributed by atoms with Crippen LogP contribution in [-0.4, -0.2) is 28.1 Å². The summed E-state index contributed by atoms with van der Waals surface area (Å²) in [4.78, 5) is 16.6. The van der Waals surface area contributed by atoms with Crippen LogP contribution in [0.4, 0.5) is 18.9 Å². The molecule has 1 N–H and O–H groups in total. The Labute approximate surface area is 175 Å². The normalized spacial score (nSPS) is 11.8. The van der Waals surface area contributed by atoms with E-state index in [1.165, 1.54) is 0 Å². The second-order valence-electron chi connectivity index (χ2n) is 6.90. The Morgan fingerprint density at radius 3 is 2.66 bits per heavy atom. The molecule has 0 aliphatic carbocycles. The van der Waals surface area contributed by atoms with E-state index < -0.39 is 12.6 Å². The summed E-state index contributed by atoms with van der Waals surface area (Å²) in [5, 5.41) is 2.83. The van der Waals surface area contributed by atoms with Gasteiger partial charge in [0.25, 0.3) is 0 Å². The number of anilines is 1. The van der Waals surface area contributed by atoms with E-state index in [0.29, 0.717) is 23.2 Å². The van der Waals surface area contributed by atoms with Crippen LogP contribution in [0.2, 0.25) is 0 Å². The summed E-state index contributed by atoms with van der Waals surface area (Å²) >= 11 is 3.42. The molecule has 0 amide bonds. The Morgan fingerprint density at radius 2 is 2.00 bits per heavy atom. The Morgan fingerprint density at radius 1 is 1.24 bits per heavy atom. The smallest absolute Gasteiger partial charge is 0.383 e. The molecule has 1 heterocycles. The number of ketones is 1. The minimum Gasteiger partial charge on any atom is -0.383 e. The van der Waals surface area contributed by atoms with Crippen molar-refractivity contribution in [2.75, 3.05) is 11.9 Å². The monoisotopic (exact) mass is 467 g/mol. The fourth-order valence-corrected chi connectivity index (χ4v) is 3.68.